The number of carbonyl (C=O) groups excluding carboxylic acids is 1. The van der Waals surface area contributed by atoms with Crippen LogP contribution < -0.4 is 5.32 Å². The van der Waals surface area contributed by atoms with Gasteiger partial charge in [-0.05, 0) is 42.6 Å². The Bertz CT molecular complexity index is 1410. The number of likely N-dealkylation sites (tertiary alicyclic amines) is 1. The zero-order valence-corrected chi connectivity index (χ0v) is 23.3. The molecular weight excluding hydrogens is 575 g/mol. The summed E-state index contributed by atoms with van der Waals surface area (Å²) in [6.07, 6.45) is 1.35. The summed E-state index contributed by atoms with van der Waals surface area (Å²) in [6.45, 7) is 2.13. The quantitative estimate of drug-likeness (QED) is 0.183. The van der Waals surface area contributed by atoms with Gasteiger partial charge in [-0.2, -0.15) is 0 Å². The molecule has 12 heteroatoms. The molecule has 2 aliphatic heterocycles. The second-order valence-corrected chi connectivity index (χ2v) is 10.6. The molecule has 2 saturated heterocycles. The molecule has 2 aliphatic rings. The monoisotopic (exact) mass is 606 g/mol. The highest BCUT2D eigenvalue weighted by Gasteiger charge is 2.36. The van der Waals surface area contributed by atoms with Crippen LogP contribution >= 0.6 is 0 Å². The van der Waals surface area contributed by atoms with E-state index in [1.165, 1.54) is 12.1 Å². The maximum atomic E-state index is 14.1. The first kappa shape index (κ1) is 31.0. The molecule has 0 unspecified atom stereocenters. The summed E-state index contributed by atoms with van der Waals surface area (Å²) in [5, 5.41) is 11.6. The molecule has 1 amide bonds. The van der Waals surface area contributed by atoms with Crippen LogP contribution in [0.15, 0.2) is 48.5 Å². The lowest BCUT2D eigenvalue weighted by Gasteiger charge is -2.38. The number of nitrogens with one attached hydrogen (secondary N) is 1. The van der Waals surface area contributed by atoms with E-state index in [9.17, 15) is 31.9 Å². The third-order valence-corrected chi connectivity index (χ3v) is 7.79. The number of methoxy groups -OCH3 is 1. The van der Waals surface area contributed by atoms with E-state index in [-0.39, 0.29) is 30.5 Å². The number of halogens is 5. The maximum Gasteiger partial charge on any atom is 0.261 e. The fraction of sp³-hybridized carbons (Fsp3) is 0.387. The Hall–Kier alpha value is -3.42. The summed E-state index contributed by atoms with van der Waals surface area (Å²) >= 11 is 0. The molecule has 0 radical (unpaired) electrons. The van der Waals surface area contributed by atoms with E-state index in [1.807, 2.05) is 24.3 Å². The van der Waals surface area contributed by atoms with E-state index < -0.39 is 46.8 Å². The largest absolute Gasteiger partial charge is 0.392 e. The zero-order chi connectivity index (χ0) is 30.7. The first-order chi connectivity index (χ1) is 20.7. The van der Waals surface area contributed by atoms with Crippen molar-refractivity contribution in [3.8, 4) is 0 Å². The number of carbonyl (C=O) groups is 1. The lowest BCUT2D eigenvalue weighted by atomic mass is 9.99. The number of amides is 1. The predicted molar refractivity (Wildman–Crippen MR) is 146 cm³/mol. The van der Waals surface area contributed by atoms with Crippen LogP contribution in [0.3, 0.4) is 0 Å². The fourth-order valence-electron chi connectivity index (χ4n) is 5.53. The number of hydrogen-bond donors (Lipinski definition) is 2. The summed E-state index contributed by atoms with van der Waals surface area (Å²) in [5.41, 5.74) is 0.751. The molecule has 0 saturated carbocycles. The average Bonchev–Trinajstić information content (AvgIpc) is 3.45. The van der Waals surface area contributed by atoms with Gasteiger partial charge in [-0.3, -0.25) is 9.69 Å². The van der Waals surface area contributed by atoms with Crippen molar-refractivity contribution < 1.29 is 46.1 Å². The van der Waals surface area contributed by atoms with Gasteiger partial charge in [0.1, 0.15) is 5.56 Å². The van der Waals surface area contributed by atoms with E-state index in [0.717, 1.165) is 30.5 Å². The number of aliphatic hydroxyl groups is 1. The van der Waals surface area contributed by atoms with Gasteiger partial charge in [0.2, 0.25) is 5.82 Å². The molecule has 0 aromatic heterocycles. The van der Waals surface area contributed by atoms with Crippen LogP contribution in [0, 0.1) is 29.1 Å². The SMILES string of the molecule is COC[C@@H]1CCCN1C[C@H]1C[C@@H](c2ccc(CO)cc2)O[C@@H](c2ccc(NC(=O)c3c(F)c(F)c(F)c(F)c3F)cc2)O1. The van der Waals surface area contributed by atoms with Crippen LogP contribution in [0.4, 0.5) is 27.6 Å². The zero-order valence-electron chi connectivity index (χ0n) is 23.3. The second-order valence-electron chi connectivity index (χ2n) is 10.6. The molecule has 5 rings (SSSR count). The second kappa shape index (κ2) is 13.5. The van der Waals surface area contributed by atoms with E-state index in [1.54, 1.807) is 19.2 Å². The van der Waals surface area contributed by atoms with Crippen LogP contribution in [-0.2, 0) is 20.8 Å². The lowest BCUT2D eigenvalue weighted by Crippen LogP contribution is -2.42. The van der Waals surface area contributed by atoms with Crippen molar-refractivity contribution in [1.29, 1.82) is 0 Å². The smallest absolute Gasteiger partial charge is 0.261 e. The summed E-state index contributed by atoms with van der Waals surface area (Å²) in [4.78, 5) is 14.8. The highest BCUT2D eigenvalue weighted by Crippen LogP contribution is 2.39. The molecule has 230 valence electrons. The van der Waals surface area contributed by atoms with Crippen molar-refractivity contribution in [1.82, 2.24) is 4.90 Å². The van der Waals surface area contributed by atoms with Crippen molar-refractivity contribution in [3.05, 3.63) is 99.9 Å². The van der Waals surface area contributed by atoms with Gasteiger partial charge in [-0.1, -0.05) is 36.4 Å². The van der Waals surface area contributed by atoms with Crippen LogP contribution in [0.25, 0.3) is 0 Å². The number of anilines is 1. The van der Waals surface area contributed by atoms with Gasteiger partial charge in [0.25, 0.3) is 5.91 Å². The molecule has 2 fully saturated rings. The minimum absolute atomic E-state index is 0.0562. The van der Waals surface area contributed by atoms with E-state index in [2.05, 4.69) is 10.2 Å². The Kier molecular flexibility index (Phi) is 9.72. The average molecular weight is 607 g/mol. The molecule has 7 nitrogen and oxygen atoms in total. The topological polar surface area (TPSA) is 80.3 Å². The number of ether oxygens (including phenoxy) is 3. The highest BCUT2D eigenvalue weighted by molar-refractivity contribution is 6.04. The van der Waals surface area contributed by atoms with Crippen molar-refractivity contribution in [2.24, 2.45) is 0 Å². The van der Waals surface area contributed by atoms with Gasteiger partial charge in [-0.25, -0.2) is 22.0 Å². The molecule has 43 heavy (non-hydrogen) atoms. The molecule has 3 aromatic rings. The van der Waals surface area contributed by atoms with Crippen LogP contribution in [0.1, 0.15) is 58.7 Å². The Morgan fingerprint density at radius 2 is 1.56 bits per heavy atom. The molecular formula is C31H31F5N2O5. The van der Waals surface area contributed by atoms with Crippen molar-refractivity contribution in [3.63, 3.8) is 0 Å². The fourth-order valence-corrected chi connectivity index (χ4v) is 5.53. The van der Waals surface area contributed by atoms with Gasteiger partial charge in [-0.15, -0.1) is 0 Å². The molecule has 0 bridgehead atoms. The van der Waals surface area contributed by atoms with E-state index in [0.29, 0.717) is 25.1 Å². The number of aliphatic hydroxyl groups excluding tert-OH is 1. The third-order valence-electron chi connectivity index (χ3n) is 7.79. The highest BCUT2D eigenvalue weighted by atomic mass is 19.2. The number of hydrogen-bond acceptors (Lipinski definition) is 6. The van der Waals surface area contributed by atoms with Crippen molar-refractivity contribution >= 4 is 11.6 Å². The number of rotatable bonds is 9. The normalized spacial score (nSPS) is 22.6. The Labute approximate surface area is 245 Å². The first-order valence-electron chi connectivity index (χ1n) is 13.9. The third kappa shape index (κ3) is 6.73. The summed E-state index contributed by atoms with van der Waals surface area (Å²) < 4.78 is 86.8. The van der Waals surface area contributed by atoms with Gasteiger partial charge in [0, 0.05) is 37.4 Å². The minimum Gasteiger partial charge on any atom is -0.392 e. The van der Waals surface area contributed by atoms with E-state index in [4.69, 9.17) is 14.2 Å². The Morgan fingerprint density at radius 1 is 0.930 bits per heavy atom. The van der Waals surface area contributed by atoms with Gasteiger partial charge in [0.15, 0.2) is 29.6 Å². The lowest BCUT2D eigenvalue weighted by molar-refractivity contribution is -0.253. The molecule has 2 heterocycles. The number of nitrogens with zero attached hydrogens (tertiary/aromatic N) is 1. The van der Waals surface area contributed by atoms with Crippen LogP contribution in [0.2, 0.25) is 0 Å². The molecule has 0 aliphatic carbocycles. The summed E-state index contributed by atoms with van der Waals surface area (Å²) in [6, 6.07) is 13.7. The van der Waals surface area contributed by atoms with Gasteiger partial charge < -0.3 is 24.6 Å². The van der Waals surface area contributed by atoms with Crippen LogP contribution in [-0.4, -0.2) is 54.9 Å². The Balaban J connectivity index is 1.34. The Morgan fingerprint density at radius 3 is 2.19 bits per heavy atom. The van der Waals surface area contributed by atoms with Gasteiger partial charge >= 0.3 is 0 Å². The van der Waals surface area contributed by atoms with Crippen molar-refractivity contribution in [2.45, 2.75) is 50.4 Å². The predicted octanol–water partition coefficient (Wildman–Crippen LogP) is 5.78. The van der Waals surface area contributed by atoms with Gasteiger partial charge in [0.05, 0.1) is 25.4 Å². The minimum atomic E-state index is -2.34. The molecule has 3 aromatic carbocycles. The van der Waals surface area contributed by atoms with E-state index >= 15 is 0 Å². The number of benzene rings is 3. The first-order valence-corrected chi connectivity index (χ1v) is 13.9. The van der Waals surface area contributed by atoms with Crippen molar-refractivity contribution in [2.75, 3.05) is 32.1 Å². The molecule has 0 spiro atoms. The molecule has 4 atom stereocenters. The molecule has 2 N–H and O–H groups in total. The summed E-state index contributed by atoms with van der Waals surface area (Å²) in [7, 11) is 1.68. The van der Waals surface area contributed by atoms with Crippen LogP contribution in [0.5, 0.6) is 0 Å². The standard InChI is InChI=1S/C31H31F5N2O5/c1-41-16-21-3-2-12-38(21)14-22-13-23(18-6-4-17(15-39)5-7-18)43-31(42-22)19-8-10-20(11-9-19)37-30(40)24-25(32)27(34)29(36)28(35)26(24)33/h4-11,21-23,31,39H,2-3,12-16H2,1H3,(H,37,40)/t21-,22+,23-,31-/m0/s1. The summed E-state index contributed by atoms with van der Waals surface area (Å²) in [5.74, 6) is -12.7. The maximum absolute atomic E-state index is 14.1.